The lowest BCUT2D eigenvalue weighted by Gasteiger charge is -2.39. The molecule has 38 heavy (non-hydrogen) atoms. The molecular formula is C30H41N7O. The van der Waals surface area contributed by atoms with Gasteiger partial charge in [0.05, 0.1) is 30.8 Å². The van der Waals surface area contributed by atoms with Crippen LogP contribution < -0.4 is 19.9 Å². The minimum Gasteiger partial charge on any atom is -0.462 e. The molecule has 0 radical (unpaired) electrons. The van der Waals surface area contributed by atoms with Crippen LogP contribution in [-0.4, -0.2) is 73.3 Å². The fourth-order valence-electron chi connectivity index (χ4n) is 6.85. The van der Waals surface area contributed by atoms with Crippen molar-refractivity contribution in [1.82, 2.24) is 20.2 Å². The first-order valence-electron chi connectivity index (χ1n) is 14.5. The molecule has 2 aromatic rings. The number of nitriles is 1. The lowest BCUT2D eigenvalue weighted by molar-refractivity contribution is 0.187. The Morgan fingerprint density at radius 1 is 1.11 bits per heavy atom. The highest BCUT2D eigenvalue weighted by atomic mass is 16.5. The Morgan fingerprint density at radius 2 is 2.03 bits per heavy atom. The lowest BCUT2D eigenvalue weighted by Crippen LogP contribution is -2.52. The molecule has 8 heteroatoms. The van der Waals surface area contributed by atoms with E-state index in [1.165, 1.54) is 41.6 Å². The van der Waals surface area contributed by atoms with E-state index in [-0.39, 0.29) is 6.04 Å². The van der Waals surface area contributed by atoms with E-state index in [2.05, 4.69) is 58.3 Å². The maximum atomic E-state index is 9.51. The predicted octanol–water partition coefficient (Wildman–Crippen LogP) is 3.33. The Hall–Kier alpha value is -2.89. The summed E-state index contributed by atoms with van der Waals surface area (Å²) in [5, 5.41) is 13.0. The number of piperazine rings is 1. The molecule has 0 amide bonds. The first kappa shape index (κ1) is 25.4. The van der Waals surface area contributed by atoms with E-state index in [0.29, 0.717) is 25.1 Å². The third kappa shape index (κ3) is 5.06. The molecule has 0 saturated carbocycles. The number of hydrogen-bond acceptors (Lipinski definition) is 8. The number of aromatic nitrogens is 2. The van der Waals surface area contributed by atoms with Gasteiger partial charge in [-0.1, -0.05) is 19.1 Å². The third-order valence-corrected chi connectivity index (χ3v) is 9.09. The van der Waals surface area contributed by atoms with Crippen LogP contribution in [0.15, 0.2) is 18.2 Å². The molecule has 4 heterocycles. The highest BCUT2D eigenvalue weighted by Gasteiger charge is 2.32. The zero-order valence-corrected chi connectivity index (χ0v) is 23.0. The fraction of sp³-hybridized carbons (Fsp3) is 0.633. The minimum absolute atomic E-state index is 0.114. The van der Waals surface area contributed by atoms with Gasteiger partial charge in [-0.15, -0.1) is 0 Å². The molecular weight excluding hydrogens is 474 g/mol. The number of rotatable bonds is 6. The van der Waals surface area contributed by atoms with Gasteiger partial charge in [0.1, 0.15) is 12.4 Å². The molecule has 1 aromatic heterocycles. The normalized spacial score (nSPS) is 25.6. The Morgan fingerprint density at radius 3 is 2.87 bits per heavy atom. The van der Waals surface area contributed by atoms with Crippen molar-refractivity contribution >= 4 is 11.5 Å². The van der Waals surface area contributed by atoms with Crippen molar-refractivity contribution in [2.75, 3.05) is 56.2 Å². The number of ether oxygens (including phenoxy) is 1. The Labute approximate surface area is 227 Å². The van der Waals surface area contributed by atoms with Gasteiger partial charge in [-0.2, -0.15) is 15.2 Å². The predicted molar refractivity (Wildman–Crippen MR) is 150 cm³/mol. The molecule has 6 rings (SSSR count). The zero-order chi connectivity index (χ0) is 26.1. The maximum Gasteiger partial charge on any atom is 0.318 e. The minimum atomic E-state index is 0.114. The van der Waals surface area contributed by atoms with Gasteiger partial charge in [-0.3, -0.25) is 0 Å². The summed E-state index contributed by atoms with van der Waals surface area (Å²) in [7, 11) is 2.17. The molecule has 2 saturated heterocycles. The van der Waals surface area contributed by atoms with E-state index in [1.807, 2.05) is 0 Å². The average molecular weight is 516 g/mol. The van der Waals surface area contributed by atoms with Crippen LogP contribution in [0.3, 0.4) is 0 Å². The fourth-order valence-corrected chi connectivity index (χ4v) is 6.85. The smallest absolute Gasteiger partial charge is 0.318 e. The Balaban J connectivity index is 1.32. The number of nitrogens with one attached hydrogen (secondary N) is 1. The molecule has 0 spiro atoms. The van der Waals surface area contributed by atoms with Crippen molar-refractivity contribution in [1.29, 1.82) is 5.26 Å². The van der Waals surface area contributed by atoms with Crippen molar-refractivity contribution < 1.29 is 4.74 Å². The SMILES string of the molecule is CC1CCc2c(cccc2N2CCc3c(nc(OC[C@@H]4CCCN4C)nc3N3CCNCC3CC#N)C2)C1. The zero-order valence-electron chi connectivity index (χ0n) is 23.0. The molecule has 4 aliphatic rings. The summed E-state index contributed by atoms with van der Waals surface area (Å²) in [6, 6.07) is 10.3. The van der Waals surface area contributed by atoms with Crippen LogP contribution in [0.2, 0.25) is 0 Å². The molecule has 202 valence electrons. The molecule has 2 unspecified atom stereocenters. The van der Waals surface area contributed by atoms with Crippen LogP contribution in [0.1, 0.15) is 55.0 Å². The summed E-state index contributed by atoms with van der Waals surface area (Å²) < 4.78 is 6.31. The van der Waals surface area contributed by atoms with Crippen LogP contribution in [0.25, 0.3) is 0 Å². The monoisotopic (exact) mass is 515 g/mol. The van der Waals surface area contributed by atoms with Gasteiger partial charge >= 0.3 is 6.01 Å². The number of anilines is 2. The largest absolute Gasteiger partial charge is 0.462 e. The maximum absolute atomic E-state index is 9.51. The van der Waals surface area contributed by atoms with Gasteiger partial charge in [-0.05, 0) is 75.2 Å². The quantitative estimate of drug-likeness (QED) is 0.628. The number of hydrogen-bond donors (Lipinski definition) is 1. The Kier molecular flexibility index (Phi) is 7.40. The molecule has 1 N–H and O–H groups in total. The third-order valence-electron chi connectivity index (χ3n) is 9.09. The van der Waals surface area contributed by atoms with Crippen molar-refractivity contribution in [3.63, 3.8) is 0 Å². The van der Waals surface area contributed by atoms with Crippen LogP contribution in [0.5, 0.6) is 6.01 Å². The summed E-state index contributed by atoms with van der Waals surface area (Å²) in [5.41, 5.74) is 6.72. The summed E-state index contributed by atoms with van der Waals surface area (Å²) >= 11 is 0. The van der Waals surface area contributed by atoms with Gasteiger partial charge in [0.15, 0.2) is 0 Å². The molecule has 1 aliphatic carbocycles. The summed E-state index contributed by atoms with van der Waals surface area (Å²) in [6.07, 6.45) is 7.35. The van der Waals surface area contributed by atoms with E-state index in [0.717, 1.165) is 76.0 Å². The highest BCUT2D eigenvalue weighted by molar-refractivity contribution is 5.61. The average Bonchev–Trinajstić information content (AvgIpc) is 3.35. The van der Waals surface area contributed by atoms with E-state index in [9.17, 15) is 5.26 Å². The number of nitrogens with zero attached hydrogens (tertiary/aromatic N) is 6. The topological polar surface area (TPSA) is 80.6 Å². The van der Waals surface area contributed by atoms with Gasteiger partial charge in [-0.25, -0.2) is 0 Å². The van der Waals surface area contributed by atoms with Crippen LogP contribution in [-0.2, 0) is 25.8 Å². The number of likely N-dealkylation sites (tertiary alicyclic amines) is 1. The molecule has 0 bridgehead atoms. The van der Waals surface area contributed by atoms with Gasteiger partial charge < -0.3 is 24.8 Å². The number of benzene rings is 1. The van der Waals surface area contributed by atoms with E-state index in [1.54, 1.807) is 0 Å². The van der Waals surface area contributed by atoms with Gasteiger partial charge in [0.25, 0.3) is 0 Å². The first-order chi connectivity index (χ1) is 18.6. The summed E-state index contributed by atoms with van der Waals surface area (Å²) in [4.78, 5) is 17.3. The summed E-state index contributed by atoms with van der Waals surface area (Å²) in [5.74, 6) is 1.74. The van der Waals surface area contributed by atoms with Crippen LogP contribution in [0, 0.1) is 17.2 Å². The van der Waals surface area contributed by atoms with Gasteiger partial charge in [0, 0.05) is 43.5 Å². The molecule has 3 aliphatic heterocycles. The van der Waals surface area contributed by atoms with Crippen molar-refractivity contribution in [2.45, 2.75) is 70.5 Å². The highest BCUT2D eigenvalue weighted by Crippen LogP contribution is 2.37. The van der Waals surface area contributed by atoms with Crippen molar-refractivity contribution in [3.8, 4) is 12.1 Å². The first-order valence-corrected chi connectivity index (χ1v) is 14.5. The van der Waals surface area contributed by atoms with Crippen LogP contribution in [0.4, 0.5) is 11.5 Å². The molecule has 1 aromatic carbocycles. The second-order valence-corrected chi connectivity index (χ2v) is 11.7. The number of likely N-dealkylation sites (N-methyl/N-ethyl adjacent to an activating group) is 1. The van der Waals surface area contributed by atoms with E-state index >= 15 is 0 Å². The lowest BCUT2D eigenvalue weighted by atomic mass is 9.83. The van der Waals surface area contributed by atoms with Crippen molar-refractivity contribution in [3.05, 3.63) is 40.6 Å². The standard InChI is InChI=1S/C30H41N7O/c1-21-8-9-25-22(17-21)5-3-7-28(25)36-15-11-26-27(19-36)33-30(38-20-24-6-4-14-35(24)2)34-29(26)37-16-13-32-18-23(37)10-12-31/h3,5,7,21,23-24,32H,4,6,8-11,13-20H2,1-2H3/t21?,23?,24-/m0/s1. The number of fused-ring (bicyclic) bond motifs is 2. The molecule has 3 atom stereocenters. The Bertz CT molecular complexity index is 1190. The molecule has 8 nitrogen and oxygen atoms in total. The van der Waals surface area contributed by atoms with E-state index < -0.39 is 0 Å². The van der Waals surface area contributed by atoms with Crippen LogP contribution >= 0.6 is 0 Å². The second-order valence-electron chi connectivity index (χ2n) is 11.7. The van der Waals surface area contributed by atoms with Gasteiger partial charge in [0.2, 0.25) is 0 Å². The van der Waals surface area contributed by atoms with E-state index in [4.69, 9.17) is 14.7 Å². The summed E-state index contributed by atoms with van der Waals surface area (Å²) in [6.45, 7) is 8.37. The molecule has 2 fully saturated rings. The second kappa shape index (κ2) is 11.1. The van der Waals surface area contributed by atoms with Crippen molar-refractivity contribution in [2.24, 2.45) is 5.92 Å².